The minimum Gasteiger partial charge on any atom is -0.376 e. The highest BCUT2D eigenvalue weighted by Crippen LogP contribution is 2.31. The highest BCUT2D eigenvalue weighted by Gasteiger charge is 2.15. The van der Waals surface area contributed by atoms with Gasteiger partial charge in [0.05, 0.1) is 0 Å². The summed E-state index contributed by atoms with van der Waals surface area (Å²) in [4.78, 5) is 3.82. The second kappa shape index (κ2) is 3.40. The Morgan fingerprint density at radius 3 is 3.25 bits per heavy atom. The molecule has 0 saturated carbocycles. The summed E-state index contributed by atoms with van der Waals surface area (Å²) in [6.07, 6.45) is 9.80. The zero-order valence-corrected chi connectivity index (χ0v) is 8.10. The van der Waals surface area contributed by atoms with E-state index in [1.54, 1.807) is 0 Å². The number of thioether (sulfide) groups is 1. The average molecular weight is 179 g/mol. The lowest BCUT2D eigenvalue weighted by atomic mass is 10.2. The van der Waals surface area contributed by atoms with Gasteiger partial charge in [-0.25, -0.2) is 0 Å². The summed E-state index contributed by atoms with van der Waals surface area (Å²) in [5.41, 5.74) is 1.48. The highest BCUT2D eigenvalue weighted by molar-refractivity contribution is 8.03. The van der Waals surface area contributed by atoms with Crippen molar-refractivity contribution in [3.8, 4) is 0 Å². The number of hydrogen-bond acceptors (Lipinski definition) is 2. The van der Waals surface area contributed by atoms with Crippen LogP contribution in [-0.2, 0) is 0 Å². The van der Waals surface area contributed by atoms with Crippen molar-refractivity contribution in [2.24, 2.45) is 0 Å². The molecule has 0 bridgehead atoms. The van der Waals surface area contributed by atoms with Crippen LogP contribution in [0.25, 0.3) is 0 Å². The fourth-order valence-corrected chi connectivity index (χ4v) is 2.67. The molecule has 1 heterocycles. The molecule has 0 atom stereocenters. The summed E-state index contributed by atoms with van der Waals surface area (Å²) in [6.45, 7) is 1.19. The van der Waals surface area contributed by atoms with Gasteiger partial charge in [-0.3, -0.25) is 0 Å². The van der Waals surface area contributed by atoms with Crippen molar-refractivity contribution >= 4 is 11.8 Å². The Morgan fingerprint density at radius 2 is 2.33 bits per heavy atom. The number of rotatable bonds is 0. The SMILES string of the molecule is CN1CCSC2=C1CC=CC=C2. The predicted molar refractivity (Wildman–Crippen MR) is 55.0 cm³/mol. The van der Waals surface area contributed by atoms with Crippen LogP contribution in [0, 0.1) is 0 Å². The van der Waals surface area contributed by atoms with Crippen LogP contribution < -0.4 is 0 Å². The van der Waals surface area contributed by atoms with Crippen LogP contribution in [0.3, 0.4) is 0 Å². The van der Waals surface area contributed by atoms with Crippen LogP contribution in [-0.4, -0.2) is 24.2 Å². The van der Waals surface area contributed by atoms with E-state index in [4.69, 9.17) is 0 Å². The first-order valence-corrected chi connectivity index (χ1v) is 5.27. The molecule has 12 heavy (non-hydrogen) atoms. The Kier molecular flexibility index (Phi) is 2.26. The Hall–Kier alpha value is -0.630. The molecular formula is C10H13NS. The largest absolute Gasteiger partial charge is 0.376 e. The van der Waals surface area contributed by atoms with Crippen LogP contribution in [0.1, 0.15) is 6.42 Å². The third-order valence-electron chi connectivity index (χ3n) is 2.24. The van der Waals surface area contributed by atoms with E-state index in [0.29, 0.717) is 0 Å². The van der Waals surface area contributed by atoms with Gasteiger partial charge >= 0.3 is 0 Å². The normalized spacial score (nSPS) is 22.6. The van der Waals surface area contributed by atoms with Gasteiger partial charge in [0.25, 0.3) is 0 Å². The molecule has 0 aromatic rings. The molecule has 0 spiro atoms. The molecule has 0 saturated heterocycles. The van der Waals surface area contributed by atoms with E-state index < -0.39 is 0 Å². The van der Waals surface area contributed by atoms with Crippen LogP contribution in [0.4, 0.5) is 0 Å². The first-order chi connectivity index (χ1) is 5.88. The van der Waals surface area contributed by atoms with E-state index in [0.717, 1.165) is 6.42 Å². The third-order valence-corrected chi connectivity index (χ3v) is 3.30. The topological polar surface area (TPSA) is 3.24 Å². The number of nitrogens with zero attached hydrogens (tertiary/aromatic N) is 1. The first-order valence-electron chi connectivity index (χ1n) is 4.28. The van der Waals surface area contributed by atoms with Crippen molar-refractivity contribution in [2.45, 2.75) is 6.42 Å². The first kappa shape index (κ1) is 7.99. The zero-order valence-electron chi connectivity index (χ0n) is 7.29. The molecule has 0 N–H and O–H groups in total. The van der Waals surface area contributed by atoms with Gasteiger partial charge in [-0.15, -0.1) is 11.8 Å². The summed E-state index contributed by atoms with van der Waals surface area (Å²) >= 11 is 1.98. The number of hydrogen-bond donors (Lipinski definition) is 0. The van der Waals surface area contributed by atoms with E-state index >= 15 is 0 Å². The van der Waals surface area contributed by atoms with Crippen LogP contribution >= 0.6 is 11.8 Å². The van der Waals surface area contributed by atoms with E-state index in [-0.39, 0.29) is 0 Å². The Labute approximate surface area is 77.8 Å². The van der Waals surface area contributed by atoms with E-state index in [9.17, 15) is 0 Å². The number of allylic oxidation sites excluding steroid dienone is 4. The fraction of sp³-hybridized carbons (Fsp3) is 0.400. The average Bonchev–Trinajstić information content (AvgIpc) is 2.30. The molecule has 2 rings (SSSR count). The molecule has 2 aliphatic rings. The van der Waals surface area contributed by atoms with Gasteiger partial charge in [0.1, 0.15) is 0 Å². The monoisotopic (exact) mass is 179 g/mol. The van der Waals surface area contributed by atoms with Gasteiger partial charge < -0.3 is 4.90 Å². The summed E-state index contributed by atoms with van der Waals surface area (Å²) < 4.78 is 0. The molecule has 0 fully saturated rings. The van der Waals surface area contributed by atoms with Crippen LogP contribution in [0.5, 0.6) is 0 Å². The summed E-state index contributed by atoms with van der Waals surface area (Å²) in [5, 5.41) is 0. The highest BCUT2D eigenvalue weighted by atomic mass is 32.2. The second-order valence-electron chi connectivity index (χ2n) is 3.07. The molecule has 0 aromatic carbocycles. The van der Waals surface area contributed by atoms with E-state index in [1.807, 2.05) is 11.8 Å². The maximum Gasteiger partial charge on any atom is 0.0307 e. The summed E-state index contributed by atoms with van der Waals surface area (Å²) in [5.74, 6) is 1.22. The minimum atomic E-state index is 1.09. The van der Waals surface area contributed by atoms with Crippen molar-refractivity contribution < 1.29 is 0 Å². The maximum atomic E-state index is 2.37. The van der Waals surface area contributed by atoms with Gasteiger partial charge in [-0.05, 0) is 6.08 Å². The summed E-state index contributed by atoms with van der Waals surface area (Å²) in [6, 6.07) is 0. The van der Waals surface area contributed by atoms with Crippen molar-refractivity contribution in [1.82, 2.24) is 4.90 Å². The molecule has 0 amide bonds. The van der Waals surface area contributed by atoms with Crippen molar-refractivity contribution in [3.05, 3.63) is 34.9 Å². The Bertz CT molecular complexity index is 263. The van der Waals surface area contributed by atoms with Gasteiger partial charge in [0.2, 0.25) is 0 Å². The molecule has 1 aliphatic heterocycles. The van der Waals surface area contributed by atoms with E-state index in [2.05, 4.69) is 36.3 Å². The van der Waals surface area contributed by atoms with Gasteiger partial charge in [0.15, 0.2) is 0 Å². The molecule has 1 nitrogen and oxygen atoms in total. The molecule has 2 heteroatoms. The second-order valence-corrected chi connectivity index (χ2v) is 4.21. The predicted octanol–water partition coefficient (Wildman–Crippen LogP) is 2.39. The minimum absolute atomic E-state index is 1.09. The maximum absolute atomic E-state index is 2.37. The quantitative estimate of drug-likeness (QED) is 0.561. The van der Waals surface area contributed by atoms with Crippen molar-refractivity contribution in [1.29, 1.82) is 0 Å². The molecule has 0 aromatic heterocycles. The third kappa shape index (κ3) is 1.44. The van der Waals surface area contributed by atoms with Crippen molar-refractivity contribution in [3.63, 3.8) is 0 Å². The standard InChI is InChI=1S/C10H13NS/c1-11-7-8-12-10-6-4-2-3-5-9(10)11/h2-4,6H,5,7-8H2,1H3. The Balaban J connectivity index is 2.32. The van der Waals surface area contributed by atoms with Crippen molar-refractivity contribution in [2.75, 3.05) is 19.3 Å². The smallest absolute Gasteiger partial charge is 0.0307 e. The van der Waals surface area contributed by atoms with Crippen LogP contribution in [0.15, 0.2) is 34.9 Å². The lowest BCUT2D eigenvalue weighted by Crippen LogP contribution is -2.24. The Morgan fingerprint density at radius 1 is 1.42 bits per heavy atom. The van der Waals surface area contributed by atoms with Gasteiger partial charge in [-0.1, -0.05) is 18.2 Å². The van der Waals surface area contributed by atoms with Gasteiger partial charge in [-0.2, -0.15) is 0 Å². The zero-order chi connectivity index (χ0) is 8.39. The molecule has 1 aliphatic carbocycles. The summed E-state index contributed by atoms with van der Waals surface area (Å²) in [7, 11) is 2.18. The molecule has 64 valence electrons. The molecule has 0 radical (unpaired) electrons. The van der Waals surface area contributed by atoms with Gasteiger partial charge in [0, 0.05) is 36.4 Å². The lowest BCUT2D eigenvalue weighted by Gasteiger charge is -2.28. The molecular weight excluding hydrogens is 166 g/mol. The lowest BCUT2D eigenvalue weighted by molar-refractivity contribution is 0.432. The fourth-order valence-electron chi connectivity index (χ4n) is 1.50. The molecule has 0 unspecified atom stereocenters. The van der Waals surface area contributed by atoms with E-state index in [1.165, 1.54) is 22.9 Å². The van der Waals surface area contributed by atoms with Crippen LogP contribution in [0.2, 0.25) is 0 Å².